The number of carbonyl (C=O) groups is 2. The Bertz CT molecular complexity index is 509. The number of hydrogen-bond acceptors (Lipinski definition) is 4. The highest BCUT2D eigenvalue weighted by Gasteiger charge is 2.38. The summed E-state index contributed by atoms with van der Waals surface area (Å²) < 4.78 is 0. The van der Waals surface area contributed by atoms with Crippen molar-refractivity contribution in [3.05, 3.63) is 22.4 Å². The van der Waals surface area contributed by atoms with Gasteiger partial charge >= 0.3 is 5.97 Å². The first-order valence-electron chi connectivity index (χ1n) is 7.40. The number of rotatable bonds is 4. The second-order valence-electron chi connectivity index (χ2n) is 5.87. The molecule has 2 fully saturated rings. The molecular weight excluding hydrogens is 288 g/mol. The Morgan fingerprint density at radius 2 is 2.14 bits per heavy atom. The smallest absolute Gasteiger partial charge is 0.308 e. The molecule has 2 aliphatic heterocycles. The third-order valence-corrected chi connectivity index (χ3v) is 5.33. The van der Waals surface area contributed by atoms with Crippen LogP contribution in [0.5, 0.6) is 0 Å². The monoisotopic (exact) mass is 308 g/mol. The first-order valence-corrected chi connectivity index (χ1v) is 8.28. The van der Waals surface area contributed by atoms with Gasteiger partial charge in [0.15, 0.2) is 0 Å². The van der Waals surface area contributed by atoms with E-state index in [1.165, 1.54) is 4.88 Å². The summed E-state index contributed by atoms with van der Waals surface area (Å²) in [7, 11) is 0. The summed E-state index contributed by atoms with van der Waals surface area (Å²) >= 11 is 1.78. The number of carboxylic acid groups (broad SMARTS) is 1. The lowest BCUT2D eigenvalue weighted by Gasteiger charge is -2.36. The first kappa shape index (κ1) is 14.5. The van der Waals surface area contributed by atoms with E-state index in [2.05, 4.69) is 22.4 Å². The third-order valence-electron chi connectivity index (χ3n) is 4.47. The molecule has 0 bridgehead atoms. The Balaban J connectivity index is 1.51. The fourth-order valence-corrected chi connectivity index (χ4v) is 4.01. The van der Waals surface area contributed by atoms with Crippen molar-refractivity contribution in [3.63, 3.8) is 0 Å². The highest BCUT2D eigenvalue weighted by molar-refractivity contribution is 7.09. The minimum absolute atomic E-state index is 0.0131. The molecule has 1 N–H and O–H groups in total. The van der Waals surface area contributed by atoms with E-state index in [1.54, 1.807) is 16.2 Å². The van der Waals surface area contributed by atoms with Gasteiger partial charge in [0.2, 0.25) is 5.91 Å². The number of aliphatic carboxylic acids is 1. The molecule has 3 heterocycles. The van der Waals surface area contributed by atoms with Gasteiger partial charge in [-0.3, -0.25) is 14.5 Å². The number of piperidine rings is 1. The summed E-state index contributed by atoms with van der Waals surface area (Å²) in [5, 5.41) is 11.1. The molecule has 0 radical (unpaired) electrons. The number of nitrogens with zero attached hydrogens (tertiary/aromatic N) is 2. The van der Waals surface area contributed by atoms with Gasteiger partial charge in [-0.25, -0.2) is 0 Å². The summed E-state index contributed by atoms with van der Waals surface area (Å²) in [6, 6.07) is 4.45. The van der Waals surface area contributed by atoms with Crippen LogP contribution in [0.25, 0.3) is 0 Å². The molecule has 1 amide bonds. The van der Waals surface area contributed by atoms with Crippen LogP contribution >= 0.6 is 11.3 Å². The van der Waals surface area contributed by atoms with E-state index in [1.807, 2.05) is 0 Å². The number of carbonyl (C=O) groups excluding carboxylic acids is 1. The van der Waals surface area contributed by atoms with Crippen LogP contribution in [0.1, 0.15) is 24.1 Å². The number of thiophene rings is 1. The standard InChI is InChI=1S/C15H20N2O3S/c18-14-8-11(15(19)20)9-17(14)12-3-5-16(6-4-12)10-13-2-1-7-21-13/h1-2,7,11-12H,3-6,8-10H2,(H,19,20). The molecule has 0 spiro atoms. The maximum atomic E-state index is 12.0. The first-order chi connectivity index (χ1) is 10.1. The number of amides is 1. The summed E-state index contributed by atoms with van der Waals surface area (Å²) in [5.41, 5.74) is 0. The van der Waals surface area contributed by atoms with Crippen molar-refractivity contribution < 1.29 is 14.7 Å². The van der Waals surface area contributed by atoms with Crippen molar-refractivity contribution in [3.8, 4) is 0 Å². The molecule has 1 atom stereocenters. The molecule has 1 aromatic rings. The predicted molar refractivity (Wildman–Crippen MR) is 80.1 cm³/mol. The molecule has 0 saturated carbocycles. The van der Waals surface area contributed by atoms with Gasteiger partial charge in [-0.05, 0) is 24.3 Å². The van der Waals surface area contributed by atoms with Gasteiger partial charge in [0.25, 0.3) is 0 Å². The summed E-state index contributed by atoms with van der Waals surface area (Å²) in [6.45, 7) is 3.33. The van der Waals surface area contributed by atoms with E-state index >= 15 is 0 Å². The molecule has 2 saturated heterocycles. The summed E-state index contributed by atoms with van der Waals surface area (Å²) in [4.78, 5) is 28.6. The number of hydrogen-bond donors (Lipinski definition) is 1. The van der Waals surface area contributed by atoms with E-state index in [0.717, 1.165) is 32.5 Å². The zero-order chi connectivity index (χ0) is 14.8. The van der Waals surface area contributed by atoms with Gasteiger partial charge in [0.1, 0.15) is 0 Å². The maximum absolute atomic E-state index is 12.0. The molecule has 2 aliphatic rings. The number of likely N-dealkylation sites (tertiary alicyclic amines) is 2. The van der Waals surface area contributed by atoms with Crippen molar-refractivity contribution in [2.24, 2.45) is 5.92 Å². The van der Waals surface area contributed by atoms with Crippen LogP contribution in [0.3, 0.4) is 0 Å². The van der Waals surface area contributed by atoms with E-state index in [4.69, 9.17) is 5.11 Å². The molecule has 3 rings (SSSR count). The van der Waals surface area contributed by atoms with Crippen LogP contribution in [-0.2, 0) is 16.1 Å². The highest BCUT2D eigenvalue weighted by atomic mass is 32.1. The topological polar surface area (TPSA) is 60.9 Å². The van der Waals surface area contributed by atoms with E-state index in [9.17, 15) is 9.59 Å². The van der Waals surface area contributed by atoms with Crippen molar-refractivity contribution in [2.45, 2.75) is 31.8 Å². The number of carboxylic acids is 1. The van der Waals surface area contributed by atoms with Crippen LogP contribution in [0.4, 0.5) is 0 Å². The Kier molecular flexibility index (Phi) is 4.26. The zero-order valence-corrected chi connectivity index (χ0v) is 12.7. The minimum atomic E-state index is -0.846. The summed E-state index contributed by atoms with van der Waals surface area (Å²) in [5.74, 6) is -1.35. The SMILES string of the molecule is O=C(O)C1CC(=O)N(C2CCN(Cc3cccs3)CC2)C1. The molecule has 114 valence electrons. The zero-order valence-electron chi connectivity index (χ0n) is 11.9. The Morgan fingerprint density at radius 1 is 1.38 bits per heavy atom. The second-order valence-corrected chi connectivity index (χ2v) is 6.90. The van der Waals surface area contributed by atoms with E-state index in [-0.39, 0.29) is 18.4 Å². The normalized spacial score (nSPS) is 24.7. The molecule has 21 heavy (non-hydrogen) atoms. The lowest BCUT2D eigenvalue weighted by molar-refractivity contribution is -0.141. The van der Waals surface area contributed by atoms with E-state index in [0.29, 0.717) is 6.54 Å². The Labute approximate surface area is 128 Å². The fourth-order valence-electron chi connectivity index (χ4n) is 3.26. The van der Waals surface area contributed by atoms with Gasteiger partial charge in [-0.15, -0.1) is 11.3 Å². The van der Waals surface area contributed by atoms with Gasteiger partial charge in [0, 0.05) is 43.5 Å². The molecule has 1 aromatic heterocycles. The molecule has 1 unspecified atom stereocenters. The largest absolute Gasteiger partial charge is 0.481 e. The average Bonchev–Trinajstić information content (AvgIpc) is 3.09. The molecular formula is C15H20N2O3S. The quantitative estimate of drug-likeness (QED) is 0.919. The average molecular weight is 308 g/mol. The van der Waals surface area contributed by atoms with Gasteiger partial charge < -0.3 is 10.0 Å². The van der Waals surface area contributed by atoms with Crippen LogP contribution in [-0.4, -0.2) is 52.5 Å². The van der Waals surface area contributed by atoms with E-state index < -0.39 is 11.9 Å². The fraction of sp³-hybridized carbons (Fsp3) is 0.600. The maximum Gasteiger partial charge on any atom is 0.308 e. The molecule has 0 aliphatic carbocycles. The highest BCUT2D eigenvalue weighted by Crippen LogP contribution is 2.26. The van der Waals surface area contributed by atoms with Crippen molar-refractivity contribution in [2.75, 3.05) is 19.6 Å². The van der Waals surface area contributed by atoms with Gasteiger partial charge in [0.05, 0.1) is 5.92 Å². The predicted octanol–water partition coefficient (Wildman–Crippen LogP) is 1.65. The Hall–Kier alpha value is -1.40. The van der Waals surface area contributed by atoms with Crippen LogP contribution in [0.15, 0.2) is 17.5 Å². The summed E-state index contributed by atoms with van der Waals surface area (Å²) in [6.07, 6.45) is 2.07. The van der Waals surface area contributed by atoms with Gasteiger partial charge in [-0.1, -0.05) is 6.07 Å². The molecule has 6 heteroatoms. The lowest BCUT2D eigenvalue weighted by Crippen LogP contribution is -2.45. The molecule has 5 nitrogen and oxygen atoms in total. The van der Waals surface area contributed by atoms with Crippen molar-refractivity contribution >= 4 is 23.2 Å². The van der Waals surface area contributed by atoms with Crippen LogP contribution in [0.2, 0.25) is 0 Å². The Morgan fingerprint density at radius 3 is 2.71 bits per heavy atom. The minimum Gasteiger partial charge on any atom is -0.481 e. The van der Waals surface area contributed by atoms with Crippen molar-refractivity contribution in [1.82, 2.24) is 9.80 Å². The van der Waals surface area contributed by atoms with Crippen LogP contribution in [0, 0.1) is 5.92 Å². The van der Waals surface area contributed by atoms with Crippen molar-refractivity contribution in [1.29, 1.82) is 0 Å². The van der Waals surface area contributed by atoms with Gasteiger partial charge in [-0.2, -0.15) is 0 Å². The molecule has 0 aromatic carbocycles. The third kappa shape index (κ3) is 3.27. The van der Waals surface area contributed by atoms with Crippen LogP contribution < -0.4 is 0 Å². The lowest BCUT2D eigenvalue weighted by atomic mass is 10.0. The second kappa shape index (κ2) is 6.15.